The average Bonchev–Trinajstić information content (AvgIpc) is 3.14. The molecule has 0 aromatic carbocycles. The summed E-state index contributed by atoms with van der Waals surface area (Å²) in [6.45, 7) is 3.86. The lowest BCUT2D eigenvalue weighted by molar-refractivity contribution is -0.145. The lowest BCUT2D eigenvalue weighted by atomic mass is 10.0. The predicted octanol–water partition coefficient (Wildman–Crippen LogP) is 11.3. The third-order valence-electron chi connectivity index (χ3n) is 10.4. The summed E-state index contributed by atoms with van der Waals surface area (Å²) >= 11 is 0. The molecule has 1 aromatic heterocycles. The Morgan fingerprint density at radius 3 is 1.02 bits per heavy atom. The van der Waals surface area contributed by atoms with Gasteiger partial charge in [0.1, 0.15) is 13.1 Å². The van der Waals surface area contributed by atoms with Crippen LogP contribution in [0.3, 0.4) is 0 Å². The van der Waals surface area contributed by atoms with Crippen LogP contribution in [0.2, 0.25) is 0 Å². The Balaban J connectivity index is 2.11. The third kappa shape index (κ3) is 27.6. The molecule has 0 aliphatic carbocycles. The number of esters is 2. The highest BCUT2D eigenvalue weighted by molar-refractivity contribution is 5.70. The van der Waals surface area contributed by atoms with Crippen LogP contribution in [0.5, 0.6) is 5.88 Å². The van der Waals surface area contributed by atoms with E-state index in [-0.39, 0.29) is 13.2 Å². The first-order valence-electron chi connectivity index (χ1n) is 22.3. The number of rotatable bonds is 38. The minimum Gasteiger partial charge on any atom is -0.494 e. The number of hydrogen-bond acceptors (Lipinski definition) is 7. The largest absolute Gasteiger partial charge is 0.494 e. The van der Waals surface area contributed by atoms with Crippen LogP contribution in [0.1, 0.15) is 219 Å². The molecule has 1 rings (SSSR count). The van der Waals surface area contributed by atoms with Crippen molar-refractivity contribution in [1.29, 1.82) is 0 Å². The van der Waals surface area contributed by atoms with Crippen LogP contribution < -0.4 is 11.2 Å². The fourth-order valence-corrected chi connectivity index (χ4v) is 6.92. The lowest BCUT2D eigenvalue weighted by Gasteiger charge is -2.12. The molecular formula is C44H80N2O7. The maximum atomic E-state index is 12.9. The summed E-state index contributed by atoms with van der Waals surface area (Å²) in [6, 6.07) is 0.827. The molecule has 308 valence electrons. The van der Waals surface area contributed by atoms with Crippen molar-refractivity contribution in [2.24, 2.45) is 0 Å². The molecule has 0 aliphatic heterocycles. The number of aromatic hydroxyl groups is 1. The van der Waals surface area contributed by atoms with Crippen molar-refractivity contribution < 1.29 is 24.2 Å². The first-order chi connectivity index (χ1) is 25.9. The van der Waals surface area contributed by atoms with E-state index in [1.165, 1.54) is 167 Å². The molecule has 9 nitrogen and oxygen atoms in total. The van der Waals surface area contributed by atoms with Crippen molar-refractivity contribution in [3.05, 3.63) is 26.9 Å². The molecular weight excluding hydrogens is 668 g/mol. The van der Waals surface area contributed by atoms with Gasteiger partial charge in [0.2, 0.25) is 5.88 Å². The minimum atomic E-state index is -0.950. The van der Waals surface area contributed by atoms with E-state index in [4.69, 9.17) is 9.47 Å². The van der Waals surface area contributed by atoms with E-state index >= 15 is 0 Å². The second-order valence-electron chi connectivity index (χ2n) is 15.3. The van der Waals surface area contributed by atoms with Gasteiger partial charge in [0.15, 0.2) is 0 Å². The molecule has 1 N–H and O–H groups in total. The van der Waals surface area contributed by atoms with Crippen LogP contribution in [-0.4, -0.2) is 39.4 Å². The summed E-state index contributed by atoms with van der Waals surface area (Å²) in [5.74, 6) is -2.02. The monoisotopic (exact) mass is 749 g/mol. The first kappa shape index (κ1) is 48.4. The van der Waals surface area contributed by atoms with Gasteiger partial charge in [-0.1, -0.05) is 206 Å². The maximum absolute atomic E-state index is 12.9. The highest BCUT2D eigenvalue weighted by Gasteiger charge is 2.17. The minimum absolute atomic E-state index is 0.226. The number of ether oxygens (including phenoxy) is 2. The van der Waals surface area contributed by atoms with Crippen molar-refractivity contribution in [3.8, 4) is 5.88 Å². The van der Waals surface area contributed by atoms with Gasteiger partial charge in [-0.2, -0.15) is 0 Å². The Morgan fingerprint density at radius 1 is 0.453 bits per heavy atom. The molecule has 0 atom stereocenters. The molecule has 53 heavy (non-hydrogen) atoms. The molecule has 0 unspecified atom stereocenters. The predicted molar refractivity (Wildman–Crippen MR) is 218 cm³/mol. The van der Waals surface area contributed by atoms with Crippen LogP contribution >= 0.6 is 0 Å². The summed E-state index contributed by atoms with van der Waals surface area (Å²) in [5.41, 5.74) is -1.78. The first-order valence-corrected chi connectivity index (χ1v) is 22.3. The van der Waals surface area contributed by atoms with Gasteiger partial charge in [-0.25, -0.2) is 9.36 Å². The molecule has 0 bridgehead atoms. The summed E-state index contributed by atoms with van der Waals surface area (Å²) in [7, 11) is 0. The van der Waals surface area contributed by atoms with E-state index in [9.17, 15) is 24.3 Å². The van der Waals surface area contributed by atoms with Crippen molar-refractivity contribution in [2.45, 2.75) is 232 Å². The number of hydrogen-bond donors (Lipinski definition) is 1. The molecule has 0 fully saturated rings. The van der Waals surface area contributed by atoms with Gasteiger partial charge >= 0.3 is 17.6 Å². The normalized spacial score (nSPS) is 11.3. The highest BCUT2D eigenvalue weighted by atomic mass is 16.5. The van der Waals surface area contributed by atoms with E-state index in [2.05, 4.69) is 13.8 Å². The van der Waals surface area contributed by atoms with Gasteiger partial charge in [0.05, 0.1) is 19.3 Å². The molecule has 0 spiro atoms. The second-order valence-corrected chi connectivity index (χ2v) is 15.3. The number of unbranched alkanes of at least 4 members (excludes halogenated alkanes) is 30. The number of nitrogens with zero attached hydrogens (tertiary/aromatic N) is 2. The highest BCUT2D eigenvalue weighted by Crippen LogP contribution is 2.15. The van der Waals surface area contributed by atoms with Crippen molar-refractivity contribution in [2.75, 3.05) is 13.2 Å². The quantitative estimate of drug-likeness (QED) is 0.0528. The van der Waals surface area contributed by atoms with Gasteiger partial charge in [-0.15, -0.1) is 0 Å². The van der Waals surface area contributed by atoms with Crippen LogP contribution in [0.15, 0.2) is 15.7 Å². The zero-order valence-electron chi connectivity index (χ0n) is 34.3. The summed E-state index contributed by atoms with van der Waals surface area (Å²) in [4.78, 5) is 50.1. The van der Waals surface area contributed by atoms with Crippen LogP contribution in [0.4, 0.5) is 0 Å². The van der Waals surface area contributed by atoms with Crippen molar-refractivity contribution in [1.82, 2.24) is 9.13 Å². The van der Waals surface area contributed by atoms with E-state index in [0.717, 1.165) is 49.2 Å². The molecule has 0 radical (unpaired) electrons. The zero-order valence-corrected chi connectivity index (χ0v) is 34.3. The van der Waals surface area contributed by atoms with Gasteiger partial charge in [0, 0.05) is 0 Å². The smallest absolute Gasteiger partial charge is 0.334 e. The molecule has 0 saturated carbocycles. The van der Waals surface area contributed by atoms with E-state index < -0.39 is 42.2 Å². The van der Waals surface area contributed by atoms with E-state index in [1.54, 1.807) is 0 Å². The topological polar surface area (TPSA) is 117 Å². The molecule has 1 heterocycles. The molecule has 0 saturated heterocycles. The number of aromatic nitrogens is 2. The fourth-order valence-electron chi connectivity index (χ4n) is 6.92. The Bertz CT molecular complexity index is 1150. The number of carbonyl (C=O) groups excluding carboxylic acids is 2. The Labute approximate surface area is 323 Å². The molecule has 0 aliphatic rings. The second kappa shape index (κ2) is 35.1. The van der Waals surface area contributed by atoms with E-state index in [1.807, 2.05) is 0 Å². The Hall–Kier alpha value is -2.58. The number of carbonyl (C=O) groups is 2. The van der Waals surface area contributed by atoms with Gasteiger partial charge in [0.25, 0.3) is 5.56 Å². The Kier molecular flexibility index (Phi) is 32.1. The lowest BCUT2D eigenvalue weighted by Crippen LogP contribution is -2.42. The van der Waals surface area contributed by atoms with Crippen LogP contribution in [-0.2, 0) is 32.2 Å². The zero-order chi connectivity index (χ0) is 38.6. The van der Waals surface area contributed by atoms with Crippen LogP contribution in [0.25, 0.3) is 0 Å². The van der Waals surface area contributed by atoms with E-state index in [0.29, 0.717) is 4.57 Å². The molecule has 1 aromatic rings. The summed E-state index contributed by atoms with van der Waals surface area (Å²) < 4.78 is 12.0. The van der Waals surface area contributed by atoms with Crippen LogP contribution in [0, 0.1) is 0 Å². The van der Waals surface area contributed by atoms with Gasteiger partial charge in [-0.3, -0.25) is 19.0 Å². The molecule has 9 heteroatoms. The van der Waals surface area contributed by atoms with Gasteiger partial charge in [-0.05, 0) is 12.8 Å². The SMILES string of the molecule is CCCCCCCCCCCCCCCCCCOC(=O)Cn1c(O)cc(=O)n(CC(=O)OCCCCCCCCCCCCCCCCCC)c1=O. The standard InChI is InChI=1S/C44H80N2O7/c1-3-5-7-9-11-13-15-17-19-21-23-25-27-29-31-33-35-52-42(49)38-45-40(47)37-41(48)46(44(45)51)39-43(50)53-36-34-32-30-28-26-24-22-20-18-16-14-12-10-8-6-4-2/h37,47H,3-36,38-39H2,1-2H3. The maximum Gasteiger partial charge on any atom is 0.334 e. The average molecular weight is 749 g/mol. The van der Waals surface area contributed by atoms with Crippen molar-refractivity contribution >= 4 is 11.9 Å². The summed E-state index contributed by atoms with van der Waals surface area (Å²) in [6.07, 6.45) is 40.2. The molecule has 0 amide bonds. The third-order valence-corrected chi connectivity index (χ3v) is 10.4. The Morgan fingerprint density at radius 2 is 0.717 bits per heavy atom. The summed E-state index contributed by atoms with van der Waals surface area (Å²) in [5, 5.41) is 10.2. The van der Waals surface area contributed by atoms with Gasteiger partial charge < -0.3 is 14.6 Å². The van der Waals surface area contributed by atoms with Crippen molar-refractivity contribution in [3.63, 3.8) is 0 Å². The fraction of sp³-hybridized carbons (Fsp3) is 0.864.